The van der Waals surface area contributed by atoms with Crippen LogP contribution in [0, 0.1) is 17.2 Å². The fourth-order valence-corrected chi connectivity index (χ4v) is 2.44. The highest BCUT2D eigenvalue weighted by atomic mass is 35.5. The number of aromatic nitrogens is 2. The second-order valence-corrected chi connectivity index (χ2v) is 4.95. The lowest BCUT2D eigenvalue weighted by Gasteiger charge is -2.10. The Morgan fingerprint density at radius 1 is 1.58 bits per heavy atom. The number of fused-ring (bicyclic) bond motifs is 1. The highest BCUT2D eigenvalue weighted by molar-refractivity contribution is 7.00. The molecule has 1 aromatic heterocycles. The van der Waals surface area contributed by atoms with Gasteiger partial charge in [0.25, 0.3) is 0 Å². The first-order valence-corrected chi connectivity index (χ1v) is 6.89. The van der Waals surface area contributed by atoms with Gasteiger partial charge in [0.05, 0.1) is 28.5 Å². The summed E-state index contributed by atoms with van der Waals surface area (Å²) >= 11 is 7.12. The van der Waals surface area contributed by atoms with Crippen molar-refractivity contribution < 1.29 is 4.79 Å². The van der Waals surface area contributed by atoms with Crippen LogP contribution in [0.4, 0.5) is 5.69 Å². The van der Waals surface area contributed by atoms with E-state index in [1.54, 1.807) is 12.1 Å². The Morgan fingerprint density at radius 3 is 3.05 bits per heavy atom. The quantitative estimate of drug-likeness (QED) is 0.939. The predicted molar refractivity (Wildman–Crippen MR) is 75.1 cm³/mol. The second-order valence-electron chi connectivity index (χ2n) is 4.01. The predicted octanol–water partition coefficient (Wildman–Crippen LogP) is 3.22. The molecule has 1 atom stereocenters. The van der Waals surface area contributed by atoms with Crippen molar-refractivity contribution in [2.24, 2.45) is 5.92 Å². The smallest absolute Gasteiger partial charge is 0.241 e. The zero-order chi connectivity index (χ0) is 13.8. The molecule has 0 aliphatic heterocycles. The zero-order valence-corrected chi connectivity index (χ0v) is 11.8. The molecule has 0 saturated carbocycles. The first-order valence-electron chi connectivity index (χ1n) is 5.78. The van der Waals surface area contributed by atoms with Gasteiger partial charge in [-0.15, -0.1) is 0 Å². The van der Waals surface area contributed by atoms with Gasteiger partial charge in [0.1, 0.15) is 17.0 Å². The highest BCUT2D eigenvalue weighted by Crippen LogP contribution is 2.30. The standard InChI is InChI=1S/C12H11ClN4OS/c1-2-3-7(6-14)12(18)15-10-8(13)4-5-9-11(10)17-19-16-9/h4-5,7H,2-3H2,1H3,(H,15,18). The van der Waals surface area contributed by atoms with Gasteiger partial charge in [-0.1, -0.05) is 24.9 Å². The van der Waals surface area contributed by atoms with E-state index in [2.05, 4.69) is 14.1 Å². The number of nitriles is 1. The molecule has 0 fully saturated rings. The van der Waals surface area contributed by atoms with Gasteiger partial charge in [-0.2, -0.15) is 14.0 Å². The lowest BCUT2D eigenvalue weighted by Crippen LogP contribution is -2.21. The number of halogens is 1. The zero-order valence-electron chi connectivity index (χ0n) is 10.2. The van der Waals surface area contributed by atoms with Crippen molar-refractivity contribution in [1.82, 2.24) is 8.75 Å². The molecule has 5 nitrogen and oxygen atoms in total. The van der Waals surface area contributed by atoms with Crippen LogP contribution in [0.25, 0.3) is 11.0 Å². The van der Waals surface area contributed by atoms with Crippen molar-refractivity contribution in [2.75, 3.05) is 5.32 Å². The van der Waals surface area contributed by atoms with Crippen LogP contribution in [0.3, 0.4) is 0 Å². The molecule has 1 unspecified atom stereocenters. The number of carbonyl (C=O) groups is 1. The molecular weight excluding hydrogens is 284 g/mol. The van der Waals surface area contributed by atoms with E-state index in [-0.39, 0.29) is 5.91 Å². The minimum Gasteiger partial charge on any atom is -0.322 e. The van der Waals surface area contributed by atoms with Crippen LogP contribution in [-0.4, -0.2) is 14.7 Å². The van der Waals surface area contributed by atoms with E-state index in [0.717, 1.165) is 18.1 Å². The summed E-state index contributed by atoms with van der Waals surface area (Å²) in [4.78, 5) is 12.0. The molecule has 0 saturated heterocycles. The maximum atomic E-state index is 12.0. The summed E-state index contributed by atoms with van der Waals surface area (Å²) in [5.41, 5.74) is 1.65. The van der Waals surface area contributed by atoms with Crippen molar-refractivity contribution >= 4 is 46.0 Å². The number of hydrogen-bond donors (Lipinski definition) is 1. The van der Waals surface area contributed by atoms with E-state index >= 15 is 0 Å². The Hall–Kier alpha value is -1.71. The first-order chi connectivity index (χ1) is 9.17. The Morgan fingerprint density at radius 2 is 2.37 bits per heavy atom. The molecule has 1 aromatic carbocycles. The lowest BCUT2D eigenvalue weighted by atomic mass is 10.0. The molecule has 0 bridgehead atoms. The number of nitrogens with zero attached hydrogens (tertiary/aromatic N) is 3. The largest absolute Gasteiger partial charge is 0.322 e. The third kappa shape index (κ3) is 2.83. The number of anilines is 1. The van der Waals surface area contributed by atoms with E-state index in [9.17, 15) is 4.79 Å². The monoisotopic (exact) mass is 294 g/mol. The highest BCUT2D eigenvalue weighted by Gasteiger charge is 2.20. The molecule has 19 heavy (non-hydrogen) atoms. The molecule has 1 amide bonds. The molecular formula is C12H11ClN4OS. The molecule has 98 valence electrons. The van der Waals surface area contributed by atoms with Gasteiger partial charge in [-0.3, -0.25) is 4.79 Å². The molecule has 1 heterocycles. The minimum absolute atomic E-state index is 0.355. The Balaban J connectivity index is 2.30. The van der Waals surface area contributed by atoms with Gasteiger partial charge in [-0.25, -0.2) is 0 Å². The molecule has 0 aliphatic rings. The van der Waals surface area contributed by atoms with E-state index in [4.69, 9.17) is 16.9 Å². The Bertz CT molecular complexity index is 649. The van der Waals surface area contributed by atoms with Crippen LogP contribution in [0.5, 0.6) is 0 Å². The van der Waals surface area contributed by atoms with E-state index in [1.807, 2.05) is 13.0 Å². The van der Waals surface area contributed by atoms with Crippen LogP contribution in [0.1, 0.15) is 19.8 Å². The first kappa shape index (κ1) is 13.7. The van der Waals surface area contributed by atoms with E-state index < -0.39 is 5.92 Å². The van der Waals surface area contributed by atoms with Gasteiger partial charge in [0, 0.05) is 0 Å². The summed E-state index contributed by atoms with van der Waals surface area (Å²) in [6.45, 7) is 1.93. The average molecular weight is 295 g/mol. The molecule has 2 aromatic rings. The van der Waals surface area contributed by atoms with Crippen LogP contribution in [-0.2, 0) is 4.79 Å². The number of carbonyl (C=O) groups excluding carboxylic acids is 1. The molecule has 1 N–H and O–H groups in total. The van der Waals surface area contributed by atoms with Gasteiger partial charge >= 0.3 is 0 Å². The van der Waals surface area contributed by atoms with Crippen LogP contribution < -0.4 is 5.32 Å². The molecule has 7 heteroatoms. The van der Waals surface area contributed by atoms with Crippen molar-refractivity contribution in [3.63, 3.8) is 0 Å². The third-order valence-electron chi connectivity index (χ3n) is 2.67. The van der Waals surface area contributed by atoms with Crippen molar-refractivity contribution in [2.45, 2.75) is 19.8 Å². The minimum atomic E-state index is -0.678. The number of rotatable bonds is 4. The molecule has 2 rings (SSSR count). The summed E-state index contributed by atoms with van der Waals surface area (Å²) in [5, 5.41) is 12.1. The second kappa shape index (κ2) is 5.95. The maximum absolute atomic E-state index is 12.0. The van der Waals surface area contributed by atoms with Crippen LogP contribution in [0.2, 0.25) is 5.02 Å². The number of hydrogen-bond acceptors (Lipinski definition) is 5. The molecule has 0 spiro atoms. The lowest BCUT2D eigenvalue weighted by molar-refractivity contribution is -0.118. The summed E-state index contributed by atoms with van der Waals surface area (Å²) in [6, 6.07) is 5.39. The summed E-state index contributed by atoms with van der Waals surface area (Å²) in [5.74, 6) is -1.03. The van der Waals surface area contributed by atoms with Gasteiger partial charge < -0.3 is 5.32 Å². The van der Waals surface area contributed by atoms with Gasteiger partial charge in [-0.05, 0) is 18.6 Å². The number of nitrogens with one attached hydrogen (secondary N) is 1. The number of amides is 1. The average Bonchev–Trinajstić information content (AvgIpc) is 2.87. The third-order valence-corrected chi connectivity index (χ3v) is 3.53. The fraction of sp³-hybridized carbons (Fsp3) is 0.333. The fourth-order valence-electron chi connectivity index (χ4n) is 1.70. The van der Waals surface area contributed by atoms with Crippen LogP contribution >= 0.6 is 23.3 Å². The normalized spacial score (nSPS) is 12.1. The SMILES string of the molecule is CCCC(C#N)C(=O)Nc1c(Cl)ccc2nsnc12. The maximum Gasteiger partial charge on any atom is 0.241 e. The van der Waals surface area contributed by atoms with Crippen molar-refractivity contribution in [3.8, 4) is 6.07 Å². The van der Waals surface area contributed by atoms with Crippen LogP contribution in [0.15, 0.2) is 12.1 Å². The molecule has 0 aliphatic carbocycles. The Labute approximate surface area is 119 Å². The van der Waals surface area contributed by atoms with Crippen molar-refractivity contribution in [1.29, 1.82) is 5.26 Å². The Kier molecular flexibility index (Phi) is 4.30. The number of benzene rings is 1. The molecule has 0 radical (unpaired) electrons. The van der Waals surface area contributed by atoms with E-state index in [1.165, 1.54) is 0 Å². The van der Waals surface area contributed by atoms with Gasteiger partial charge in [0.15, 0.2) is 0 Å². The summed E-state index contributed by atoms with van der Waals surface area (Å²) < 4.78 is 8.20. The van der Waals surface area contributed by atoms with Crippen molar-refractivity contribution in [3.05, 3.63) is 17.2 Å². The summed E-state index contributed by atoms with van der Waals surface area (Å²) in [7, 11) is 0. The van der Waals surface area contributed by atoms with E-state index in [0.29, 0.717) is 28.2 Å². The topological polar surface area (TPSA) is 78.7 Å². The summed E-state index contributed by atoms with van der Waals surface area (Å²) in [6.07, 6.45) is 1.28. The van der Waals surface area contributed by atoms with Gasteiger partial charge in [0.2, 0.25) is 5.91 Å².